The lowest BCUT2D eigenvalue weighted by atomic mass is 9.94. The average molecular weight is 473 g/mol. The number of hydrogen-bond acceptors (Lipinski definition) is 4. The molecule has 180 valence electrons. The molecule has 3 aromatic rings. The molecule has 0 aliphatic carbocycles. The second kappa shape index (κ2) is 9.84. The Labute approximate surface area is 196 Å². The highest BCUT2D eigenvalue weighted by molar-refractivity contribution is 5.92. The van der Waals surface area contributed by atoms with Gasteiger partial charge in [-0.25, -0.2) is 9.78 Å². The number of aromatic amines is 1. The van der Waals surface area contributed by atoms with Gasteiger partial charge in [-0.15, -0.1) is 0 Å². The summed E-state index contributed by atoms with van der Waals surface area (Å²) >= 11 is 0. The lowest BCUT2D eigenvalue weighted by molar-refractivity contribution is -0.138. The Morgan fingerprint density at radius 3 is 2.56 bits per heavy atom. The highest BCUT2D eigenvalue weighted by Crippen LogP contribution is 2.37. The maximum absolute atomic E-state index is 13.6. The third-order valence-electron chi connectivity index (χ3n) is 6.28. The fourth-order valence-corrected chi connectivity index (χ4v) is 4.63. The zero-order valence-electron chi connectivity index (χ0n) is 19.0. The van der Waals surface area contributed by atoms with E-state index in [0.29, 0.717) is 37.2 Å². The number of H-pyrrole nitrogens is 1. The summed E-state index contributed by atoms with van der Waals surface area (Å²) in [4.78, 5) is 27.8. The van der Waals surface area contributed by atoms with Crippen LogP contribution in [0.2, 0.25) is 0 Å². The number of benzene rings is 1. The number of urea groups is 1. The molecule has 0 spiro atoms. The number of likely N-dealkylation sites (tertiary alicyclic amines) is 1. The van der Waals surface area contributed by atoms with Crippen LogP contribution >= 0.6 is 0 Å². The van der Waals surface area contributed by atoms with E-state index in [1.807, 2.05) is 6.07 Å². The van der Waals surface area contributed by atoms with Crippen molar-refractivity contribution in [3.63, 3.8) is 0 Å². The second-order valence-corrected chi connectivity index (χ2v) is 8.39. The van der Waals surface area contributed by atoms with Gasteiger partial charge in [-0.05, 0) is 49.1 Å². The van der Waals surface area contributed by atoms with E-state index >= 15 is 0 Å². The molecule has 1 unspecified atom stereocenters. The van der Waals surface area contributed by atoms with Crippen LogP contribution in [0, 0.1) is 6.92 Å². The van der Waals surface area contributed by atoms with E-state index in [1.54, 1.807) is 42.7 Å². The van der Waals surface area contributed by atoms with Gasteiger partial charge >= 0.3 is 12.2 Å². The first-order chi connectivity index (χ1) is 16.3. The van der Waals surface area contributed by atoms with Crippen molar-refractivity contribution < 1.29 is 18.0 Å². The van der Waals surface area contributed by atoms with Crippen molar-refractivity contribution in [2.24, 2.45) is 0 Å². The summed E-state index contributed by atoms with van der Waals surface area (Å²) in [6.07, 6.45) is 3.37. The normalized spacial score (nSPS) is 16.3. The molecule has 4 rings (SSSR count). The van der Waals surface area contributed by atoms with Gasteiger partial charge in [0.05, 0.1) is 35.5 Å². The molecule has 1 aromatic carbocycles. The van der Waals surface area contributed by atoms with Gasteiger partial charge in [0.25, 0.3) is 0 Å². The minimum absolute atomic E-state index is 0.0634. The van der Waals surface area contributed by atoms with Crippen LogP contribution in [-0.2, 0) is 6.18 Å². The number of carbonyl (C=O) groups is 1. The Balaban J connectivity index is 1.60. The predicted molar refractivity (Wildman–Crippen MR) is 122 cm³/mol. The van der Waals surface area contributed by atoms with Gasteiger partial charge in [0, 0.05) is 38.6 Å². The molecule has 1 atom stereocenters. The van der Waals surface area contributed by atoms with Crippen molar-refractivity contribution in [2.45, 2.75) is 38.0 Å². The Bertz CT molecular complexity index is 1100. The topological polar surface area (TPSA) is 77.2 Å². The molecule has 2 amide bonds. The van der Waals surface area contributed by atoms with Crippen molar-refractivity contribution in [3.8, 4) is 0 Å². The number of rotatable bonds is 5. The summed E-state index contributed by atoms with van der Waals surface area (Å²) in [6, 6.07) is 7.43. The van der Waals surface area contributed by atoms with Crippen LogP contribution in [-0.4, -0.2) is 52.1 Å². The Hall–Kier alpha value is -3.40. The van der Waals surface area contributed by atoms with E-state index < -0.39 is 17.8 Å². The summed E-state index contributed by atoms with van der Waals surface area (Å²) in [5.74, 6) is 0. The number of alkyl halides is 3. The number of amides is 2. The Morgan fingerprint density at radius 1 is 1.21 bits per heavy atom. The van der Waals surface area contributed by atoms with E-state index in [-0.39, 0.29) is 17.6 Å². The molecular formula is C24H27F3N6O. The predicted octanol–water partition coefficient (Wildman–Crippen LogP) is 4.53. The largest absolute Gasteiger partial charge is 0.416 e. The molecule has 0 radical (unpaired) electrons. The molecule has 3 heterocycles. The first kappa shape index (κ1) is 23.7. The molecule has 1 aliphatic rings. The molecule has 1 saturated heterocycles. The van der Waals surface area contributed by atoms with Crippen molar-refractivity contribution in [2.75, 3.05) is 25.0 Å². The van der Waals surface area contributed by atoms with Crippen LogP contribution in [0.5, 0.6) is 0 Å². The van der Waals surface area contributed by atoms with Crippen LogP contribution in [0.4, 0.5) is 23.7 Å². The monoisotopic (exact) mass is 472 g/mol. The van der Waals surface area contributed by atoms with Crippen LogP contribution in [0.3, 0.4) is 0 Å². The van der Waals surface area contributed by atoms with Gasteiger partial charge in [0.1, 0.15) is 0 Å². The van der Waals surface area contributed by atoms with Gasteiger partial charge in [0.2, 0.25) is 0 Å². The van der Waals surface area contributed by atoms with Crippen molar-refractivity contribution in [1.29, 1.82) is 0 Å². The van der Waals surface area contributed by atoms with Crippen molar-refractivity contribution in [3.05, 3.63) is 77.6 Å². The fourth-order valence-electron chi connectivity index (χ4n) is 4.63. The number of anilines is 1. The molecule has 0 bridgehead atoms. The standard InChI is InChI=1S/C24H27F3N6O/c1-16-5-6-17(12-20(16)24(25,26)27)22(21-14-30-15-31-21)32-10-7-18(8-11-32)33(23(34)28-2)19-4-3-9-29-13-19/h3-6,9,12-15,18,22H,7-8,10-11H2,1-2H3,(H,28,34)(H,30,31). The summed E-state index contributed by atoms with van der Waals surface area (Å²) in [5, 5.41) is 2.69. The number of piperidine rings is 1. The molecule has 0 saturated carbocycles. The van der Waals surface area contributed by atoms with Gasteiger partial charge < -0.3 is 10.3 Å². The van der Waals surface area contributed by atoms with Crippen LogP contribution in [0.25, 0.3) is 0 Å². The molecule has 1 fully saturated rings. The van der Waals surface area contributed by atoms with E-state index in [4.69, 9.17) is 0 Å². The fraction of sp³-hybridized carbons (Fsp3) is 0.375. The molecule has 2 N–H and O–H groups in total. The van der Waals surface area contributed by atoms with Gasteiger partial charge in [-0.2, -0.15) is 13.2 Å². The second-order valence-electron chi connectivity index (χ2n) is 8.39. The molecule has 2 aromatic heterocycles. The molecule has 7 nitrogen and oxygen atoms in total. The summed E-state index contributed by atoms with van der Waals surface area (Å²) in [5.41, 5.74) is 1.54. The van der Waals surface area contributed by atoms with Crippen LogP contribution in [0.1, 0.15) is 41.3 Å². The third kappa shape index (κ3) is 4.91. The molecule has 34 heavy (non-hydrogen) atoms. The minimum atomic E-state index is -4.43. The van der Waals surface area contributed by atoms with Crippen LogP contribution in [0.15, 0.2) is 55.2 Å². The third-order valence-corrected chi connectivity index (χ3v) is 6.28. The molecule has 1 aliphatic heterocycles. The number of carbonyl (C=O) groups excluding carboxylic acids is 1. The molecular weight excluding hydrogens is 445 g/mol. The number of aryl methyl sites for hydroxylation is 1. The number of pyridine rings is 1. The van der Waals surface area contributed by atoms with E-state index in [1.165, 1.54) is 25.4 Å². The zero-order chi connectivity index (χ0) is 24.3. The van der Waals surface area contributed by atoms with Gasteiger partial charge in [-0.1, -0.05) is 12.1 Å². The highest BCUT2D eigenvalue weighted by atomic mass is 19.4. The van der Waals surface area contributed by atoms with Crippen molar-refractivity contribution >= 4 is 11.7 Å². The first-order valence-corrected chi connectivity index (χ1v) is 11.1. The number of nitrogens with one attached hydrogen (secondary N) is 2. The number of nitrogens with zero attached hydrogens (tertiary/aromatic N) is 4. The molecule has 10 heteroatoms. The maximum Gasteiger partial charge on any atom is 0.416 e. The zero-order valence-corrected chi connectivity index (χ0v) is 19.0. The Morgan fingerprint density at radius 2 is 1.97 bits per heavy atom. The lowest BCUT2D eigenvalue weighted by Gasteiger charge is -2.41. The first-order valence-electron chi connectivity index (χ1n) is 11.1. The summed E-state index contributed by atoms with van der Waals surface area (Å²) in [6.45, 7) is 2.66. The quantitative estimate of drug-likeness (QED) is 0.572. The van der Waals surface area contributed by atoms with E-state index in [9.17, 15) is 18.0 Å². The number of hydrogen-bond donors (Lipinski definition) is 2. The van der Waals surface area contributed by atoms with E-state index in [2.05, 4.69) is 25.2 Å². The van der Waals surface area contributed by atoms with Gasteiger partial charge in [0.15, 0.2) is 0 Å². The summed E-state index contributed by atoms with van der Waals surface area (Å²) < 4.78 is 40.8. The summed E-state index contributed by atoms with van der Waals surface area (Å²) in [7, 11) is 1.59. The number of aromatic nitrogens is 3. The number of halogens is 3. The smallest absolute Gasteiger partial charge is 0.347 e. The number of imidazole rings is 1. The minimum Gasteiger partial charge on any atom is -0.347 e. The highest BCUT2D eigenvalue weighted by Gasteiger charge is 2.36. The lowest BCUT2D eigenvalue weighted by Crippen LogP contribution is -2.51. The average Bonchev–Trinajstić information content (AvgIpc) is 3.35. The SMILES string of the molecule is CNC(=O)N(c1cccnc1)C1CCN(C(c2ccc(C)c(C(F)(F)F)c2)c2cnc[nH]2)CC1. The van der Waals surface area contributed by atoms with Crippen LogP contribution < -0.4 is 10.2 Å². The van der Waals surface area contributed by atoms with Gasteiger partial charge in [-0.3, -0.25) is 14.8 Å². The van der Waals surface area contributed by atoms with E-state index in [0.717, 1.165) is 5.69 Å². The van der Waals surface area contributed by atoms with Crippen molar-refractivity contribution in [1.82, 2.24) is 25.2 Å². The maximum atomic E-state index is 13.6. The Kier molecular flexibility index (Phi) is 6.87.